The number of nitrogens with two attached hydrogens (primary N) is 1. The van der Waals surface area contributed by atoms with Crippen LogP contribution in [0.5, 0.6) is 0 Å². The minimum absolute atomic E-state index is 0. The lowest BCUT2D eigenvalue weighted by molar-refractivity contribution is 0.187. The molecule has 0 aliphatic carbocycles. The maximum Gasteiger partial charge on any atom is 0.411 e. The standard InChI is InChI=1S/C18H30N4O2.HI/c1-13(2)6-5-7-14(3)21-17(19)20-12-15-8-10-16(11-9-15)22-18(23)24-4;/h8-11,13-14H,5-7,12H2,1-4H3,(H,22,23)(H3,19,20,21);1H. The van der Waals surface area contributed by atoms with Crippen molar-refractivity contribution in [1.82, 2.24) is 5.32 Å². The van der Waals surface area contributed by atoms with Crippen LogP contribution in [0.4, 0.5) is 10.5 Å². The Morgan fingerprint density at radius 2 is 1.84 bits per heavy atom. The van der Waals surface area contributed by atoms with Gasteiger partial charge in [0.2, 0.25) is 0 Å². The van der Waals surface area contributed by atoms with Crippen molar-refractivity contribution in [3.8, 4) is 0 Å². The Kier molecular flexibility index (Phi) is 12.0. The zero-order valence-electron chi connectivity index (χ0n) is 15.5. The third-order valence-electron chi connectivity index (χ3n) is 3.63. The van der Waals surface area contributed by atoms with Gasteiger partial charge in [-0.3, -0.25) is 5.32 Å². The van der Waals surface area contributed by atoms with Crippen molar-refractivity contribution < 1.29 is 9.53 Å². The molecule has 4 N–H and O–H groups in total. The number of halogens is 1. The van der Waals surface area contributed by atoms with Crippen LogP contribution in [-0.4, -0.2) is 25.2 Å². The molecule has 7 heteroatoms. The van der Waals surface area contributed by atoms with Crippen LogP contribution in [0.2, 0.25) is 0 Å². The van der Waals surface area contributed by atoms with Crippen molar-refractivity contribution in [3.63, 3.8) is 0 Å². The molecule has 1 amide bonds. The van der Waals surface area contributed by atoms with Gasteiger partial charge in [-0.05, 0) is 37.0 Å². The number of hydrogen-bond acceptors (Lipinski definition) is 3. The Morgan fingerprint density at radius 1 is 1.20 bits per heavy atom. The first-order valence-corrected chi connectivity index (χ1v) is 8.41. The topological polar surface area (TPSA) is 88.7 Å². The van der Waals surface area contributed by atoms with Gasteiger partial charge in [0.15, 0.2) is 5.96 Å². The number of hydrogen-bond donors (Lipinski definition) is 3. The van der Waals surface area contributed by atoms with Crippen LogP contribution >= 0.6 is 24.0 Å². The van der Waals surface area contributed by atoms with Gasteiger partial charge in [-0.2, -0.15) is 0 Å². The summed E-state index contributed by atoms with van der Waals surface area (Å²) in [6, 6.07) is 7.72. The molecule has 0 aliphatic rings. The van der Waals surface area contributed by atoms with Crippen LogP contribution in [0.3, 0.4) is 0 Å². The second-order valence-electron chi connectivity index (χ2n) is 6.39. The fraction of sp³-hybridized carbons (Fsp3) is 0.556. The summed E-state index contributed by atoms with van der Waals surface area (Å²) in [5, 5.41) is 5.83. The molecule has 0 radical (unpaired) electrons. The van der Waals surface area contributed by atoms with Crippen LogP contribution < -0.4 is 16.4 Å². The first kappa shape index (κ1) is 23.5. The molecule has 1 aromatic carbocycles. The zero-order valence-corrected chi connectivity index (χ0v) is 17.9. The molecule has 1 aromatic rings. The number of aliphatic imine (C=N–C) groups is 1. The second kappa shape index (κ2) is 12.8. The molecule has 0 fully saturated rings. The van der Waals surface area contributed by atoms with Crippen molar-refractivity contribution >= 4 is 41.7 Å². The molecule has 1 atom stereocenters. The van der Waals surface area contributed by atoms with E-state index in [0.717, 1.165) is 17.9 Å². The number of guanidine groups is 1. The lowest BCUT2D eigenvalue weighted by atomic mass is 10.0. The Morgan fingerprint density at radius 3 is 2.40 bits per heavy atom. The number of anilines is 1. The van der Waals surface area contributed by atoms with Gasteiger partial charge in [0.1, 0.15) is 0 Å². The third kappa shape index (κ3) is 10.9. The Bertz CT molecular complexity index is 532. The molecule has 0 aliphatic heterocycles. The molecule has 25 heavy (non-hydrogen) atoms. The molecule has 1 unspecified atom stereocenters. The summed E-state index contributed by atoms with van der Waals surface area (Å²) in [5.74, 6) is 1.20. The summed E-state index contributed by atoms with van der Waals surface area (Å²) in [4.78, 5) is 15.5. The number of carbonyl (C=O) groups excluding carboxylic acids is 1. The highest BCUT2D eigenvalue weighted by Crippen LogP contribution is 2.11. The van der Waals surface area contributed by atoms with Gasteiger partial charge in [-0.15, -0.1) is 24.0 Å². The molecule has 0 spiro atoms. The summed E-state index contributed by atoms with van der Waals surface area (Å²) < 4.78 is 4.54. The van der Waals surface area contributed by atoms with E-state index >= 15 is 0 Å². The minimum atomic E-state index is -0.485. The van der Waals surface area contributed by atoms with E-state index in [1.807, 2.05) is 12.1 Å². The van der Waals surface area contributed by atoms with Crippen molar-refractivity contribution in [3.05, 3.63) is 29.8 Å². The highest BCUT2D eigenvalue weighted by molar-refractivity contribution is 14.0. The highest BCUT2D eigenvalue weighted by atomic mass is 127. The molecule has 0 bridgehead atoms. The first-order chi connectivity index (χ1) is 11.4. The Labute approximate surface area is 168 Å². The van der Waals surface area contributed by atoms with E-state index < -0.39 is 6.09 Å². The molecule has 1 rings (SSSR count). The van der Waals surface area contributed by atoms with Crippen LogP contribution in [0.1, 0.15) is 45.6 Å². The number of nitrogens with zero attached hydrogens (tertiary/aromatic N) is 1. The van der Waals surface area contributed by atoms with E-state index in [4.69, 9.17) is 5.73 Å². The summed E-state index contributed by atoms with van der Waals surface area (Å²) in [5.41, 5.74) is 7.63. The number of methoxy groups -OCH3 is 1. The summed E-state index contributed by atoms with van der Waals surface area (Å²) in [6.45, 7) is 7.09. The van der Waals surface area contributed by atoms with Crippen molar-refractivity contribution in [2.45, 2.75) is 52.6 Å². The molecule has 142 valence electrons. The molecule has 6 nitrogen and oxygen atoms in total. The van der Waals surface area contributed by atoms with Gasteiger partial charge >= 0.3 is 6.09 Å². The second-order valence-corrected chi connectivity index (χ2v) is 6.39. The maximum absolute atomic E-state index is 11.1. The van der Waals surface area contributed by atoms with Crippen molar-refractivity contribution in [1.29, 1.82) is 0 Å². The van der Waals surface area contributed by atoms with Crippen LogP contribution in [0, 0.1) is 5.92 Å². The third-order valence-corrected chi connectivity index (χ3v) is 3.63. The average Bonchev–Trinajstić information content (AvgIpc) is 2.53. The van der Waals surface area contributed by atoms with E-state index in [0.29, 0.717) is 24.2 Å². The molecular weight excluding hydrogens is 431 g/mol. The van der Waals surface area contributed by atoms with Gasteiger partial charge in [0.05, 0.1) is 13.7 Å². The number of carbonyl (C=O) groups is 1. The zero-order chi connectivity index (χ0) is 17.9. The lowest BCUT2D eigenvalue weighted by Crippen LogP contribution is -2.38. The number of ether oxygens (including phenoxy) is 1. The normalized spacial score (nSPS) is 12.3. The van der Waals surface area contributed by atoms with E-state index in [-0.39, 0.29) is 24.0 Å². The summed E-state index contributed by atoms with van der Waals surface area (Å²) in [6.07, 6.45) is 3.02. The molecule has 0 saturated carbocycles. The monoisotopic (exact) mass is 462 g/mol. The largest absolute Gasteiger partial charge is 0.453 e. The first-order valence-electron chi connectivity index (χ1n) is 8.41. The lowest BCUT2D eigenvalue weighted by Gasteiger charge is -2.15. The fourth-order valence-corrected chi connectivity index (χ4v) is 2.24. The van der Waals surface area contributed by atoms with Gasteiger partial charge in [-0.1, -0.05) is 38.8 Å². The smallest absolute Gasteiger partial charge is 0.411 e. The van der Waals surface area contributed by atoms with Gasteiger partial charge in [-0.25, -0.2) is 9.79 Å². The van der Waals surface area contributed by atoms with E-state index in [2.05, 4.69) is 41.1 Å². The molecule has 0 saturated heterocycles. The van der Waals surface area contributed by atoms with E-state index in [1.54, 1.807) is 12.1 Å². The number of rotatable bonds is 8. The minimum Gasteiger partial charge on any atom is -0.453 e. The van der Waals surface area contributed by atoms with E-state index in [9.17, 15) is 4.79 Å². The maximum atomic E-state index is 11.1. The van der Waals surface area contributed by atoms with Crippen molar-refractivity contribution in [2.75, 3.05) is 12.4 Å². The molecule has 0 aromatic heterocycles. The molecular formula is C18H31IN4O2. The highest BCUT2D eigenvalue weighted by Gasteiger charge is 2.04. The average molecular weight is 462 g/mol. The molecule has 0 heterocycles. The Balaban J connectivity index is 0.00000576. The summed E-state index contributed by atoms with van der Waals surface area (Å²) >= 11 is 0. The van der Waals surface area contributed by atoms with E-state index in [1.165, 1.54) is 20.0 Å². The number of amides is 1. The van der Waals surface area contributed by atoms with Gasteiger partial charge in [0, 0.05) is 11.7 Å². The van der Waals surface area contributed by atoms with Crippen LogP contribution in [0.25, 0.3) is 0 Å². The van der Waals surface area contributed by atoms with Gasteiger partial charge in [0.25, 0.3) is 0 Å². The number of benzene rings is 1. The van der Waals surface area contributed by atoms with Crippen LogP contribution in [-0.2, 0) is 11.3 Å². The van der Waals surface area contributed by atoms with Crippen molar-refractivity contribution in [2.24, 2.45) is 16.6 Å². The quantitative estimate of drug-likeness (QED) is 0.308. The predicted molar refractivity (Wildman–Crippen MR) is 114 cm³/mol. The predicted octanol–water partition coefficient (Wildman–Crippen LogP) is 4.10. The van der Waals surface area contributed by atoms with Gasteiger partial charge < -0.3 is 15.8 Å². The van der Waals surface area contributed by atoms with Crippen LogP contribution in [0.15, 0.2) is 29.3 Å². The summed E-state index contributed by atoms with van der Waals surface area (Å²) in [7, 11) is 1.33. The Hall–Kier alpha value is -1.51. The SMILES string of the molecule is COC(=O)Nc1ccc(CN=C(N)NC(C)CCCC(C)C)cc1.I. The number of nitrogens with one attached hydrogen (secondary N) is 2. The fourth-order valence-electron chi connectivity index (χ4n) is 2.24.